The molecule has 2 aromatic heterocycles. The molecule has 0 unspecified atom stereocenters. The van der Waals surface area contributed by atoms with Crippen molar-refractivity contribution in [3.63, 3.8) is 0 Å². The molecule has 0 spiro atoms. The van der Waals surface area contributed by atoms with Gasteiger partial charge in [0.05, 0.1) is 3.79 Å². The summed E-state index contributed by atoms with van der Waals surface area (Å²) in [6.07, 6.45) is 0. The van der Waals surface area contributed by atoms with Crippen molar-refractivity contribution in [2.24, 2.45) is 0 Å². The lowest BCUT2D eigenvalue weighted by molar-refractivity contribution is -0.390. The van der Waals surface area contributed by atoms with Crippen LogP contribution in [0.25, 0.3) is 0 Å². The van der Waals surface area contributed by atoms with Crippen molar-refractivity contribution in [3.8, 4) is 5.75 Å². The summed E-state index contributed by atoms with van der Waals surface area (Å²) in [6, 6.07) is 3.98. The predicted octanol–water partition coefficient (Wildman–Crippen LogP) is 3.65. The quantitative estimate of drug-likeness (QED) is 0.394. The summed E-state index contributed by atoms with van der Waals surface area (Å²) in [4.78, 5) is 13.8. The maximum atomic E-state index is 12.1. The number of nitrogens with zero attached hydrogens (tertiary/aromatic N) is 2. The topological polar surface area (TPSA) is 99.4 Å². The van der Waals surface area contributed by atoms with Crippen LogP contribution in [-0.2, 0) is 10.1 Å². The Bertz CT molecular complexity index is 799. The minimum Gasteiger partial charge on any atom is -0.369 e. The van der Waals surface area contributed by atoms with Crippen LogP contribution in [0, 0.1) is 17.0 Å². The van der Waals surface area contributed by atoms with E-state index in [1.54, 1.807) is 6.92 Å². The lowest BCUT2D eigenvalue weighted by atomic mass is 10.3. The molecule has 2 rings (SSSR count). The number of aromatic nitrogens is 1. The molecule has 0 fully saturated rings. The van der Waals surface area contributed by atoms with Crippen molar-refractivity contribution in [3.05, 3.63) is 42.3 Å². The molecule has 0 aliphatic rings. The molecule has 11 heteroatoms. The van der Waals surface area contributed by atoms with Gasteiger partial charge >= 0.3 is 15.9 Å². The SMILES string of the molecule is Cc1ccc(OS(=O)(=O)c2cc(Br)c(Br)s2)c([N+](=O)[O-])n1. The van der Waals surface area contributed by atoms with E-state index in [4.69, 9.17) is 4.18 Å². The van der Waals surface area contributed by atoms with Gasteiger partial charge in [-0.1, -0.05) is 0 Å². The maximum absolute atomic E-state index is 12.1. The summed E-state index contributed by atoms with van der Waals surface area (Å²) in [5, 5.41) is 10.9. The van der Waals surface area contributed by atoms with E-state index in [1.807, 2.05) is 0 Å². The Morgan fingerprint density at radius 1 is 1.38 bits per heavy atom. The second kappa shape index (κ2) is 5.99. The number of halogens is 2. The molecule has 0 bridgehead atoms. The van der Waals surface area contributed by atoms with Crippen LogP contribution < -0.4 is 4.18 Å². The highest BCUT2D eigenvalue weighted by atomic mass is 79.9. The first kappa shape index (κ1) is 16.3. The van der Waals surface area contributed by atoms with Crippen molar-refractivity contribution in [1.29, 1.82) is 0 Å². The van der Waals surface area contributed by atoms with E-state index in [1.165, 1.54) is 18.2 Å². The molecule has 0 saturated carbocycles. The zero-order valence-electron chi connectivity index (χ0n) is 10.2. The van der Waals surface area contributed by atoms with Crippen LogP contribution >= 0.6 is 43.2 Å². The van der Waals surface area contributed by atoms with Crippen LogP contribution in [0.3, 0.4) is 0 Å². The van der Waals surface area contributed by atoms with Crippen LogP contribution in [0.15, 0.2) is 30.7 Å². The Morgan fingerprint density at radius 3 is 2.57 bits per heavy atom. The first-order valence-corrected chi connectivity index (χ1v) is 9.03. The second-order valence-electron chi connectivity index (χ2n) is 3.76. The van der Waals surface area contributed by atoms with Gasteiger partial charge in [0.2, 0.25) is 5.75 Å². The minimum atomic E-state index is -4.17. The predicted molar refractivity (Wildman–Crippen MR) is 83.2 cm³/mol. The van der Waals surface area contributed by atoms with Gasteiger partial charge in [0, 0.05) is 11.4 Å². The molecule has 7 nitrogen and oxygen atoms in total. The molecule has 0 radical (unpaired) electrons. The number of nitro groups is 1. The van der Waals surface area contributed by atoms with Crippen LogP contribution in [0.5, 0.6) is 5.75 Å². The third-order valence-corrected chi connectivity index (χ3v) is 7.14. The van der Waals surface area contributed by atoms with Gasteiger partial charge < -0.3 is 14.3 Å². The molecule has 0 N–H and O–H groups in total. The van der Waals surface area contributed by atoms with Crippen LogP contribution in [-0.4, -0.2) is 18.3 Å². The molecular formula is C10H6Br2N2O5S2. The van der Waals surface area contributed by atoms with E-state index >= 15 is 0 Å². The number of aryl methyl sites for hydroxylation is 1. The van der Waals surface area contributed by atoms with E-state index in [0.29, 0.717) is 14.0 Å². The van der Waals surface area contributed by atoms with Crippen molar-refractivity contribution < 1.29 is 17.5 Å². The third-order valence-electron chi connectivity index (χ3n) is 2.22. The van der Waals surface area contributed by atoms with Gasteiger partial charge in [-0.3, -0.25) is 0 Å². The molecule has 0 aliphatic carbocycles. The van der Waals surface area contributed by atoms with Gasteiger partial charge in [0.15, 0.2) is 4.21 Å². The van der Waals surface area contributed by atoms with Gasteiger partial charge in [-0.15, -0.1) is 11.3 Å². The molecule has 0 aromatic carbocycles. The number of hydrogen-bond acceptors (Lipinski definition) is 7. The Kier molecular flexibility index (Phi) is 4.66. The average Bonchev–Trinajstić information content (AvgIpc) is 2.72. The van der Waals surface area contributed by atoms with Gasteiger partial charge in [-0.05, 0) is 60.0 Å². The molecule has 2 heterocycles. The Labute approximate surface area is 140 Å². The molecule has 2 aromatic rings. The monoisotopic (exact) mass is 456 g/mol. The van der Waals surface area contributed by atoms with Crippen LogP contribution in [0.1, 0.15) is 5.69 Å². The van der Waals surface area contributed by atoms with E-state index < -0.39 is 26.6 Å². The average molecular weight is 458 g/mol. The molecule has 0 amide bonds. The largest absolute Gasteiger partial charge is 0.408 e. The fraction of sp³-hybridized carbons (Fsp3) is 0.100. The van der Waals surface area contributed by atoms with Crippen LogP contribution in [0.4, 0.5) is 5.82 Å². The van der Waals surface area contributed by atoms with E-state index in [0.717, 1.165) is 11.3 Å². The van der Waals surface area contributed by atoms with E-state index in [9.17, 15) is 18.5 Å². The lowest BCUT2D eigenvalue weighted by Crippen LogP contribution is -2.10. The number of hydrogen-bond donors (Lipinski definition) is 0. The van der Waals surface area contributed by atoms with Crippen molar-refractivity contribution in [2.75, 3.05) is 0 Å². The zero-order valence-corrected chi connectivity index (χ0v) is 15.0. The molecule has 0 aliphatic heterocycles. The van der Waals surface area contributed by atoms with Crippen molar-refractivity contribution in [1.82, 2.24) is 4.98 Å². The van der Waals surface area contributed by atoms with Gasteiger partial charge in [0.1, 0.15) is 5.69 Å². The zero-order chi connectivity index (χ0) is 15.8. The fourth-order valence-corrected chi connectivity index (χ4v) is 5.05. The standard InChI is InChI=1S/C10H6Br2N2O5S2/c1-5-2-3-7(10(13-5)14(15)16)19-21(17,18)8-4-6(11)9(12)20-8/h2-4H,1H3. The van der Waals surface area contributed by atoms with Crippen LogP contribution in [0.2, 0.25) is 0 Å². The summed E-state index contributed by atoms with van der Waals surface area (Å²) < 4.78 is 30.1. The third kappa shape index (κ3) is 3.59. The number of thiophene rings is 1. The Balaban J connectivity index is 2.44. The number of rotatable bonds is 4. The molecule has 112 valence electrons. The van der Waals surface area contributed by atoms with Gasteiger partial charge in [-0.25, -0.2) is 0 Å². The molecule has 0 atom stereocenters. The second-order valence-corrected chi connectivity index (χ2v) is 8.75. The van der Waals surface area contributed by atoms with Crippen molar-refractivity contribution >= 4 is 59.1 Å². The van der Waals surface area contributed by atoms with E-state index in [2.05, 4.69) is 36.8 Å². The first-order valence-electron chi connectivity index (χ1n) is 5.22. The normalized spacial score (nSPS) is 11.4. The van der Waals surface area contributed by atoms with Gasteiger partial charge in [-0.2, -0.15) is 8.42 Å². The lowest BCUT2D eigenvalue weighted by Gasteiger charge is -2.05. The number of pyridine rings is 1. The van der Waals surface area contributed by atoms with E-state index in [-0.39, 0.29) is 4.21 Å². The molecular weight excluding hydrogens is 452 g/mol. The first-order chi connectivity index (χ1) is 9.70. The van der Waals surface area contributed by atoms with Crippen molar-refractivity contribution in [2.45, 2.75) is 11.1 Å². The maximum Gasteiger partial charge on any atom is 0.408 e. The summed E-state index contributed by atoms with van der Waals surface area (Å²) >= 11 is 7.26. The fourth-order valence-electron chi connectivity index (χ4n) is 1.34. The summed E-state index contributed by atoms with van der Waals surface area (Å²) in [5.74, 6) is -1.07. The van der Waals surface area contributed by atoms with Gasteiger partial charge in [0.25, 0.3) is 0 Å². The molecule has 0 saturated heterocycles. The summed E-state index contributed by atoms with van der Waals surface area (Å²) in [5.41, 5.74) is 0.382. The highest BCUT2D eigenvalue weighted by Crippen LogP contribution is 2.37. The smallest absolute Gasteiger partial charge is 0.369 e. The Hall–Kier alpha value is -1.04. The Morgan fingerprint density at radius 2 is 2.05 bits per heavy atom. The molecule has 21 heavy (non-hydrogen) atoms. The highest BCUT2D eigenvalue weighted by molar-refractivity contribution is 9.13. The summed E-state index contributed by atoms with van der Waals surface area (Å²) in [6.45, 7) is 1.55. The highest BCUT2D eigenvalue weighted by Gasteiger charge is 2.26. The minimum absolute atomic E-state index is 0.0869. The summed E-state index contributed by atoms with van der Waals surface area (Å²) in [7, 11) is -4.17.